The van der Waals surface area contributed by atoms with Gasteiger partial charge in [0.2, 0.25) is 0 Å². The lowest BCUT2D eigenvalue weighted by Gasteiger charge is -2.21. The van der Waals surface area contributed by atoms with Crippen LogP contribution < -0.4 is 0 Å². The summed E-state index contributed by atoms with van der Waals surface area (Å²) in [5.41, 5.74) is 0.471. The summed E-state index contributed by atoms with van der Waals surface area (Å²) in [5.74, 6) is -0.00194. The molecule has 1 fully saturated rings. The van der Waals surface area contributed by atoms with Gasteiger partial charge in [0.1, 0.15) is 5.69 Å². The molecule has 0 radical (unpaired) electrons. The number of aryl methyl sites for hydroxylation is 1. The van der Waals surface area contributed by atoms with E-state index in [0.29, 0.717) is 10.7 Å². The number of hydrogen-bond acceptors (Lipinski definition) is 4. The van der Waals surface area contributed by atoms with Gasteiger partial charge in [0, 0.05) is 48.7 Å². The van der Waals surface area contributed by atoms with Gasteiger partial charge in [0.15, 0.2) is 0 Å². The Kier molecular flexibility index (Phi) is 5.87. The van der Waals surface area contributed by atoms with E-state index in [9.17, 15) is 4.79 Å². The predicted molar refractivity (Wildman–Crippen MR) is 98.7 cm³/mol. The number of halogens is 1. The molecule has 1 aliphatic heterocycles. The zero-order chi connectivity index (χ0) is 16.9. The minimum absolute atomic E-state index is 0.00194. The van der Waals surface area contributed by atoms with Crippen molar-refractivity contribution in [3.05, 3.63) is 50.9 Å². The van der Waals surface area contributed by atoms with Crippen LogP contribution in [0.15, 0.2) is 30.5 Å². The van der Waals surface area contributed by atoms with Crippen LogP contribution in [0.5, 0.6) is 0 Å². The fourth-order valence-electron chi connectivity index (χ4n) is 2.91. The van der Waals surface area contributed by atoms with Gasteiger partial charge in [0.05, 0.1) is 5.02 Å². The van der Waals surface area contributed by atoms with Gasteiger partial charge in [-0.25, -0.2) is 4.98 Å². The number of hydrogen-bond donors (Lipinski definition) is 0. The van der Waals surface area contributed by atoms with E-state index in [0.717, 1.165) is 45.6 Å². The lowest BCUT2D eigenvalue weighted by Crippen LogP contribution is -2.35. The molecule has 2 aromatic rings. The first kappa shape index (κ1) is 17.4. The van der Waals surface area contributed by atoms with Crippen LogP contribution in [0.2, 0.25) is 5.02 Å². The van der Waals surface area contributed by atoms with Crippen molar-refractivity contribution < 1.29 is 4.79 Å². The van der Waals surface area contributed by atoms with E-state index in [4.69, 9.17) is 11.6 Å². The van der Waals surface area contributed by atoms with Gasteiger partial charge in [-0.15, -0.1) is 11.3 Å². The van der Waals surface area contributed by atoms with Gasteiger partial charge >= 0.3 is 0 Å². The number of amides is 1. The van der Waals surface area contributed by atoms with Crippen molar-refractivity contribution in [1.82, 2.24) is 14.8 Å². The van der Waals surface area contributed by atoms with Crippen molar-refractivity contribution in [3.8, 4) is 0 Å². The highest BCUT2D eigenvalue weighted by molar-refractivity contribution is 7.11. The van der Waals surface area contributed by atoms with E-state index in [1.165, 1.54) is 16.0 Å². The second-order valence-electron chi connectivity index (χ2n) is 6.01. The Balaban J connectivity index is 1.58. The molecule has 0 N–H and O–H groups in total. The minimum Gasteiger partial charge on any atom is -0.336 e. The van der Waals surface area contributed by atoms with Gasteiger partial charge in [0.25, 0.3) is 5.91 Å². The molecule has 1 saturated heterocycles. The quantitative estimate of drug-likeness (QED) is 0.830. The fourth-order valence-corrected chi connectivity index (χ4v) is 4.03. The lowest BCUT2D eigenvalue weighted by molar-refractivity contribution is 0.0755. The highest BCUT2D eigenvalue weighted by Crippen LogP contribution is 2.20. The first-order valence-electron chi connectivity index (χ1n) is 8.36. The maximum atomic E-state index is 12.6. The van der Waals surface area contributed by atoms with Crippen molar-refractivity contribution >= 4 is 28.8 Å². The van der Waals surface area contributed by atoms with Gasteiger partial charge in [-0.05, 0) is 37.1 Å². The summed E-state index contributed by atoms with van der Waals surface area (Å²) >= 11 is 7.74. The molecule has 6 heteroatoms. The largest absolute Gasteiger partial charge is 0.336 e. The van der Waals surface area contributed by atoms with E-state index in [1.807, 2.05) is 16.2 Å². The summed E-state index contributed by atoms with van der Waals surface area (Å²) in [6.07, 6.45) is 3.62. The number of carbonyl (C=O) groups excluding carboxylic acids is 1. The number of aromatic nitrogens is 1. The van der Waals surface area contributed by atoms with Crippen LogP contribution in [0.25, 0.3) is 0 Å². The van der Waals surface area contributed by atoms with Gasteiger partial charge in [-0.3, -0.25) is 9.69 Å². The Labute approximate surface area is 152 Å². The van der Waals surface area contributed by atoms with Crippen LogP contribution in [0.4, 0.5) is 0 Å². The number of pyridine rings is 1. The number of carbonyl (C=O) groups is 1. The molecule has 1 aliphatic rings. The number of nitrogens with zero attached hydrogens (tertiary/aromatic N) is 3. The maximum absolute atomic E-state index is 12.6. The van der Waals surface area contributed by atoms with Crippen molar-refractivity contribution in [2.45, 2.75) is 26.3 Å². The zero-order valence-corrected chi connectivity index (χ0v) is 15.4. The molecule has 0 atom stereocenters. The van der Waals surface area contributed by atoms with Crippen LogP contribution in [0.3, 0.4) is 0 Å². The highest BCUT2D eigenvalue weighted by Gasteiger charge is 2.21. The molecule has 0 spiro atoms. The van der Waals surface area contributed by atoms with Gasteiger partial charge in [-0.1, -0.05) is 18.5 Å². The molecule has 0 saturated carbocycles. The first-order chi connectivity index (χ1) is 11.7. The Hall–Kier alpha value is -1.43. The summed E-state index contributed by atoms with van der Waals surface area (Å²) in [5, 5.41) is 0.552. The average Bonchev–Trinajstić information content (AvgIpc) is 2.92. The summed E-state index contributed by atoms with van der Waals surface area (Å²) in [4.78, 5) is 23.9. The Morgan fingerprint density at radius 2 is 2.00 bits per heavy atom. The molecule has 128 valence electrons. The minimum atomic E-state index is -0.00194. The number of rotatable bonds is 4. The number of thiophene rings is 1. The molecule has 3 heterocycles. The first-order valence-corrected chi connectivity index (χ1v) is 9.56. The van der Waals surface area contributed by atoms with Crippen LogP contribution in [-0.4, -0.2) is 46.9 Å². The third kappa shape index (κ3) is 4.35. The predicted octanol–water partition coefficient (Wildman–Crippen LogP) is 3.71. The Bertz CT molecular complexity index is 686. The maximum Gasteiger partial charge on any atom is 0.272 e. The van der Waals surface area contributed by atoms with Gasteiger partial charge < -0.3 is 4.90 Å². The van der Waals surface area contributed by atoms with E-state index >= 15 is 0 Å². The molecule has 0 aliphatic carbocycles. The van der Waals surface area contributed by atoms with Crippen LogP contribution >= 0.6 is 22.9 Å². The molecule has 2 aromatic heterocycles. The molecular weight excluding hydrogens is 342 g/mol. The highest BCUT2D eigenvalue weighted by atomic mass is 35.5. The summed E-state index contributed by atoms with van der Waals surface area (Å²) < 4.78 is 0. The second-order valence-corrected chi connectivity index (χ2v) is 7.69. The summed E-state index contributed by atoms with van der Waals surface area (Å²) in [6.45, 7) is 6.62. The smallest absolute Gasteiger partial charge is 0.272 e. The monoisotopic (exact) mass is 363 g/mol. The van der Waals surface area contributed by atoms with E-state index in [1.54, 1.807) is 12.1 Å². The molecule has 4 nitrogen and oxygen atoms in total. The Morgan fingerprint density at radius 3 is 2.71 bits per heavy atom. The third-order valence-electron chi connectivity index (χ3n) is 4.27. The third-order valence-corrected chi connectivity index (χ3v) is 5.71. The lowest BCUT2D eigenvalue weighted by atomic mass is 10.3. The molecule has 1 amide bonds. The molecule has 3 rings (SSSR count). The average molecular weight is 364 g/mol. The van der Waals surface area contributed by atoms with Crippen LogP contribution in [-0.2, 0) is 13.0 Å². The van der Waals surface area contributed by atoms with Crippen molar-refractivity contribution in [2.24, 2.45) is 0 Å². The van der Waals surface area contributed by atoms with Crippen molar-refractivity contribution in [1.29, 1.82) is 0 Å². The zero-order valence-electron chi connectivity index (χ0n) is 13.9. The molecule has 0 aromatic carbocycles. The standard InChI is InChI=1S/C18H22ClN3OS/c1-2-15-5-6-16(24-15)13-21-8-3-9-22(11-10-21)18(23)17-7-4-14(19)12-20-17/h4-7,12H,2-3,8-11,13H2,1H3. The van der Waals surface area contributed by atoms with Gasteiger partial charge in [-0.2, -0.15) is 0 Å². The molecule has 24 heavy (non-hydrogen) atoms. The second kappa shape index (κ2) is 8.10. The summed E-state index contributed by atoms with van der Waals surface area (Å²) in [7, 11) is 0. The van der Waals surface area contributed by atoms with Crippen molar-refractivity contribution in [3.63, 3.8) is 0 Å². The van der Waals surface area contributed by atoms with Crippen molar-refractivity contribution in [2.75, 3.05) is 26.2 Å². The Morgan fingerprint density at radius 1 is 1.17 bits per heavy atom. The van der Waals surface area contributed by atoms with E-state index in [-0.39, 0.29) is 5.91 Å². The molecule has 0 bridgehead atoms. The molecule has 0 unspecified atom stereocenters. The van der Waals surface area contributed by atoms with E-state index in [2.05, 4.69) is 28.9 Å². The normalized spacial score (nSPS) is 16.2. The topological polar surface area (TPSA) is 36.4 Å². The van der Waals surface area contributed by atoms with E-state index < -0.39 is 0 Å². The molecular formula is C18H22ClN3OS. The summed E-state index contributed by atoms with van der Waals surface area (Å²) in [6, 6.07) is 7.87. The fraction of sp³-hybridized carbons (Fsp3) is 0.444. The van der Waals surface area contributed by atoms with Crippen LogP contribution in [0, 0.1) is 0 Å². The SMILES string of the molecule is CCc1ccc(CN2CCCN(C(=O)c3ccc(Cl)cn3)CC2)s1. The van der Waals surface area contributed by atoms with Crippen LogP contribution in [0.1, 0.15) is 33.6 Å².